The van der Waals surface area contributed by atoms with Gasteiger partial charge >= 0.3 is 0 Å². The van der Waals surface area contributed by atoms with Crippen LogP contribution in [0.4, 0.5) is 14.5 Å². The van der Waals surface area contributed by atoms with Crippen LogP contribution in [0.15, 0.2) is 60.7 Å². The summed E-state index contributed by atoms with van der Waals surface area (Å²) in [4.78, 5) is 0. The normalized spacial score (nSPS) is 22.8. The highest BCUT2D eigenvalue weighted by Crippen LogP contribution is 2.52. The van der Waals surface area contributed by atoms with Crippen LogP contribution in [-0.4, -0.2) is 49.2 Å². The Bertz CT molecular complexity index is 1600. The van der Waals surface area contributed by atoms with E-state index in [0.717, 1.165) is 31.4 Å². The maximum absolute atomic E-state index is 15.3. The van der Waals surface area contributed by atoms with Crippen LogP contribution in [0.2, 0.25) is 0 Å². The van der Waals surface area contributed by atoms with E-state index < -0.39 is 39.1 Å². The maximum atomic E-state index is 15.3. The molecule has 6 rings (SSSR count). The minimum absolute atomic E-state index is 0.0336. The Labute approximate surface area is 237 Å². The van der Waals surface area contributed by atoms with Gasteiger partial charge in [-0.15, -0.1) is 0 Å². The van der Waals surface area contributed by atoms with E-state index in [1.807, 2.05) is 0 Å². The molecular weight excluding hydrogens is 552 g/mol. The zero-order valence-corrected chi connectivity index (χ0v) is 23.3. The zero-order valence-electron chi connectivity index (χ0n) is 22.5. The zero-order chi connectivity index (χ0) is 28.9. The molecule has 2 heterocycles. The fourth-order valence-electron chi connectivity index (χ4n) is 6.52. The van der Waals surface area contributed by atoms with Crippen molar-refractivity contribution in [1.29, 1.82) is 0 Å². The van der Waals surface area contributed by atoms with Crippen LogP contribution < -0.4 is 9.04 Å². The molecule has 216 valence electrons. The number of rotatable bonds is 7. The van der Waals surface area contributed by atoms with E-state index in [1.54, 1.807) is 31.4 Å². The van der Waals surface area contributed by atoms with Crippen molar-refractivity contribution in [3.63, 3.8) is 0 Å². The number of ether oxygens (including phenoxy) is 2. The first-order valence-corrected chi connectivity index (χ1v) is 15.2. The number of aromatic hydroxyl groups is 2. The number of sulfonamides is 1. The average Bonchev–Trinajstić information content (AvgIpc) is 3.54. The first-order valence-electron chi connectivity index (χ1n) is 13.7. The molecule has 10 heteroatoms. The third kappa shape index (κ3) is 4.82. The third-order valence-electron chi connectivity index (χ3n) is 8.37. The fraction of sp³-hybridized carbons (Fsp3) is 0.355. The Kier molecular flexibility index (Phi) is 7.15. The molecule has 0 spiro atoms. The van der Waals surface area contributed by atoms with Gasteiger partial charge < -0.3 is 19.7 Å². The highest BCUT2D eigenvalue weighted by molar-refractivity contribution is 7.93. The number of phenols is 2. The minimum atomic E-state index is -4.06. The molecule has 2 N–H and O–H groups in total. The van der Waals surface area contributed by atoms with Gasteiger partial charge in [-0.1, -0.05) is 19.3 Å². The van der Waals surface area contributed by atoms with E-state index in [9.17, 15) is 18.6 Å². The largest absolute Gasteiger partial charge is 0.508 e. The average molecular weight is 584 g/mol. The molecule has 0 amide bonds. The van der Waals surface area contributed by atoms with Crippen LogP contribution in [0.5, 0.6) is 17.2 Å². The SMILES string of the molecule is COc1ccc(N(C2CCCCC2)S(=O)(=O)C2CC3OC2C(c2ccc(O)cc2F)=C3c2ccc(O)cc2F)cc1. The molecule has 1 saturated carbocycles. The summed E-state index contributed by atoms with van der Waals surface area (Å²) in [7, 11) is -2.52. The Morgan fingerprint density at radius 1 is 0.854 bits per heavy atom. The van der Waals surface area contributed by atoms with Gasteiger partial charge in [-0.25, -0.2) is 17.2 Å². The van der Waals surface area contributed by atoms with Crippen LogP contribution in [0.25, 0.3) is 11.1 Å². The second-order valence-electron chi connectivity index (χ2n) is 10.8. The summed E-state index contributed by atoms with van der Waals surface area (Å²) in [6.07, 6.45) is 2.47. The lowest BCUT2D eigenvalue weighted by Gasteiger charge is -2.38. The van der Waals surface area contributed by atoms with Gasteiger partial charge in [-0.05, 0) is 78.9 Å². The number of fused-ring (bicyclic) bond motifs is 2. The van der Waals surface area contributed by atoms with E-state index in [-0.39, 0.29) is 40.7 Å². The van der Waals surface area contributed by atoms with Gasteiger partial charge in [0, 0.05) is 29.3 Å². The summed E-state index contributed by atoms with van der Waals surface area (Å²) in [6.45, 7) is 0. The van der Waals surface area contributed by atoms with Crippen LogP contribution in [0.3, 0.4) is 0 Å². The van der Waals surface area contributed by atoms with Gasteiger partial charge in [0.2, 0.25) is 10.0 Å². The monoisotopic (exact) mass is 583 g/mol. The Morgan fingerprint density at radius 3 is 2.00 bits per heavy atom. The smallest absolute Gasteiger partial charge is 0.241 e. The van der Waals surface area contributed by atoms with Crippen molar-refractivity contribution in [2.75, 3.05) is 11.4 Å². The molecule has 1 saturated heterocycles. The van der Waals surface area contributed by atoms with E-state index in [4.69, 9.17) is 9.47 Å². The van der Waals surface area contributed by atoms with E-state index >= 15 is 8.78 Å². The lowest BCUT2D eigenvalue weighted by molar-refractivity contribution is 0.128. The van der Waals surface area contributed by atoms with Crippen molar-refractivity contribution in [3.05, 3.63) is 83.4 Å². The summed E-state index contributed by atoms with van der Waals surface area (Å²) in [5.41, 5.74) is 1.23. The second kappa shape index (κ2) is 10.6. The maximum Gasteiger partial charge on any atom is 0.241 e. The summed E-state index contributed by atoms with van der Waals surface area (Å²) in [6, 6.07) is 13.9. The molecule has 7 nitrogen and oxygen atoms in total. The highest BCUT2D eigenvalue weighted by Gasteiger charge is 2.55. The van der Waals surface area contributed by atoms with Gasteiger partial charge in [-0.3, -0.25) is 4.31 Å². The molecule has 2 fully saturated rings. The summed E-state index contributed by atoms with van der Waals surface area (Å²) in [5.74, 6) is -1.46. The summed E-state index contributed by atoms with van der Waals surface area (Å²) >= 11 is 0. The summed E-state index contributed by atoms with van der Waals surface area (Å²) in [5, 5.41) is 18.6. The lowest BCUT2D eigenvalue weighted by atomic mass is 9.83. The van der Waals surface area contributed by atoms with Gasteiger partial charge in [0.1, 0.15) is 40.2 Å². The third-order valence-corrected chi connectivity index (χ3v) is 10.6. The molecule has 3 aromatic rings. The van der Waals surface area contributed by atoms with Crippen molar-refractivity contribution >= 4 is 26.9 Å². The minimum Gasteiger partial charge on any atom is -0.508 e. The number of nitrogens with zero attached hydrogens (tertiary/aromatic N) is 1. The number of hydrogen-bond donors (Lipinski definition) is 2. The van der Waals surface area contributed by atoms with Crippen LogP contribution in [-0.2, 0) is 14.8 Å². The molecule has 2 aliphatic heterocycles. The number of anilines is 1. The molecule has 3 aromatic carbocycles. The van der Waals surface area contributed by atoms with E-state index in [1.165, 1.54) is 28.6 Å². The van der Waals surface area contributed by atoms with Crippen LogP contribution in [0.1, 0.15) is 49.7 Å². The highest BCUT2D eigenvalue weighted by atomic mass is 32.2. The van der Waals surface area contributed by atoms with Gasteiger partial charge in [0.15, 0.2) is 0 Å². The van der Waals surface area contributed by atoms with Crippen molar-refractivity contribution in [3.8, 4) is 17.2 Å². The molecule has 3 aliphatic rings. The number of hydrogen-bond acceptors (Lipinski definition) is 6. The van der Waals surface area contributed by atoms with Gasteiger partial charge in [0.25, 0.3) is 0 Å². The lowest BCUT2D eigenvalue weighted by Crippen LogP contribution is -2.49. The molecule has 2 bridgehead atoms. The molecule has 0 aromatic heterocycles. The summed E-state index contributed by atoms with van der Waals surface area (Å²) < 4.78 is 72.7. The first kappa shape index (κ1) is 27.5. The molecule has 0 radical (unpaired) electrons. The van der Waals surface area contributed by atoms with Gasteiger partial charge in [0.05, 0.1) is 18.9 Å². The molecule has 3 atom stereocenters. The van der Waals surface area contributed by atoms with Crippen molar-refractivity contribution in [2.45, 2.75) is 62.0 Å². The Hall–Kier alpha value is -3.63. The number of halogens is 2. The van der Waals surface area contributed by atoms with Crippen molar-refractivity contribution in [1.82, 2.24) is 0 Å². The van der Waals surface area contributed by atoms with Gasteiger partial charge in [-0.2, -0.15) is 0 Å². The van der Waals surface area contributed by atoms with Crippen LogP contribution >= 0.6 is 0 Å². The molecular formula is C31H31F2NO6S. The predicted octanol–water partition coefficient (Wildman–Crippen LogP) is 6.00. The Morgan fingerprint density at radius 2 is 1.44 bits per heavy atom. The topological polar surface area (TPSA) is 96.3 Å². The number of phenolic OH excluding ortho intramolecular Hbond substituents is 2. The van der Waals surface area contributed by atoms with Crippen LogP contribution in [0, 0.1) is 11.6 Å². The molecule has 1 aliphatic carbocycles. The van der Waals surface area contributed by atoms with E-state index in [2.05, 4.69) is 0 Å². The van der Waals surface area contributed by atoms with Crippen molar-refractivity contribution < 1.29 is 36.9 Å². The molecule has 3 unspecified atom stereocenters. The van der Waals surface area contributed by atoms with Crippen molar-refractivity contribution in [2.24, 2.45) is 0 Å². The number of methoxy groups -OCH3 is 1. The first-order chi connectivity index (χ1) is 19.7. The standard InChI is InChI=1S/C31H31F2NO6S/c1-39-22-11-7-19(8-12-22)34(18-5-3-2-4-6-18)41(37,38)28-17-27-29(23-13-9-20(35)15-25(23)32)30(31(28)40-27)24-14-10-21(36)16-26(24)33/h7-16,18,27-28,31,35-36H,2-6,17H2,1H3. The predicted molar refractivity (Wildman–Crippen MR) is 151 cm³/mol. The quantitative estimate of drug-likeness (QED) is 0.354. The number of benzene rings is 3. The Balaban J connectivity index is 1.48. The molecule has 41 heavy (non-hydrogen) atoms. The second-order valence-corrected chi connectivity index (χ2v) is 12.8. The fourth-order valence-corrected chi connectivity index (χ4v) is 8.78. The van der Waals surface area contributed by atoms with E-state index in [0.29, 0.717) is 29.9 Å².